The van der Waals surface area contributed by atoms with Crippen LogP contribution in [0.5, 0.6) is 0 Å². The van der Waals surface area contributed by atoms with E-state index < -0.39 is 4.92 Å². The third-order valence-electron chi connectivity index (χ3n) is 2.30. The third-order valence-corrected chi connectivity index (χ3v) is 3.81. The Labute approximate surface area is 126 Å². The van der Waals surface area contributed by atoms with E-state index in [9.17, 15) is 14.9 Å². The van der Waals surface area contributed by atoms with Gasteiger partial charge < -0.3 is 4.42 Å². The molecule has 0 aliphatic heterocycles. The van der Waals surface area contributed by atoms with E-state index in [0.29, 0.717) is 10.4 Å². The van der Waals surface area contributed by atoms with E-state index >= 15 is 0 Å². The molecule has 0 unspecified atom stereocenters. The van der Waals surface area contributed by atoms with Crippen LogP contribution < -0.4 is 0 Å². The first-order chi connectivity index (χ1) is 9.47. The number of Topliss-reactive ketones (excluding diaryl/α,β-unsaturated/α-hetero) is 1. The summed E-state index contributed by atoms with van der Waals surface area (Å²) in [6, 6.07) is 4.05. The van der Waals surface area contributed by atoms with Gasteiger partial charge in [-0.1, -0.05) is 27.7 Å². The summed E-state index contributed by atoms with van der Waals surface area (Å²) in [5.41, 5.74) is 0.123. The van der Waals surface area contributed by atoms with Crippen LogP contribution in [0.3, 0.4) is 0 Å². The maximum Gasteiger partial charge on any atom is 0.277 e. The van der Waals surface area contributed by atoms with Crippen LogP contribution in [0.4, 0.5) is 5.69 Å². The Morgan fingerprint density at radius 1 is 1.50 bits per heavy atom. The summed E-state index contributed by atoms with van der Waals surface area (Å²) in [5, 5.41) is 18.4. The lowest BCUT2D eigenvalue weighted by Crippen LogP contribution is -2.04. The van der Waals surface area contributed by atoms with E-state index in [1.807, 2.05) is 0 Å². The number of rotatable bonds is 5. The second kappa shape index (κ2) is 6.14. The number of non-ortho nitro benzene ring substituents is 1. The minimum absolute atomic E-state index is 0.0569. The topological polar surface area (TPSA) is 99.1 Å². The molecule has 0 aliphatic carbocycles. The molecule has 1 heterocycles. The number of benzene rings is 1. The van der Waals surface area contributed by atoms with E-state index in [-0.39, 0.29) is 28.0 Å². The Hall–Kier alpha value is -1.74. The summed E-state index contributed by atoms with van der Waals surface area (Å²) < 4.78 is 5.64. The van der Waals surface area contributed by atoms with Crippen molar-refractivity contribution >= 4 is 39.2 Å². The van der Waals surface area contributed by atoms with Gasteiger partial charge in [0, 0.05) is 29.1 Å². The molecule has 2 aromatic rings. The van der Waals surface area contributed by atoms with Crippen molar-refractivity contribution in [2.45, 2.75) is 12.1 Å². The van der Waals surface area contributed by atoms with Crippen LogP contribution >= 0.6 is 27.7 Å². The van der Waals surface area contributed by atoms with Gasteiger partial charge in [-0.2, -0.15) is 0 Å². The lowest BCUT2D eigenvalue weighted by atomic mass is 10.1. The van der Waals surface area contributed by atoms with Gasteiger partial charge in [0.15, 0.2) is 5.78 Å². The van der Waals surface area contributed by atoms with Gasteiger partial charge in [0.25, 0.3) is 10.9 Å². The predicted molar refractivity (Wildman–Crippen MR) is 74.9 cm³/mol. The molecular weight excluding hydrogens is 350 g/mol. The second-order valence-electron chi connectivity index (χ2n) is 3.72. The highest BCUT2D eigenvalue weighted by atomic mass is 79.9. The van der Waals surface area contributed by atoms with Crippen LogP contribution in [-0.4, -0.2) is 26.7 Å². The summed E-state index contributed by atoms with van der Waals surface area (Å²) in [6.07, 6.45) is 0. The highest BCUT2D eigenvalue weighted by Gasteiger charge is 2.16. The number of hydrogen-bond donors (Lipinski definition) is 0. The Kier molecular flexibility index (Phi) is 4.50. The van der Waals surface area contributed by atoms with E-state index in [1.54, 1.807) is 6.92 Å². The Morgan fingerprint density at radius 2 is 2.25 bits per heavy atom. The van der Waals surface area contributed by atoms with Crippen LogP contribution in [0, 0.1) is 17.0 Å². The van der Waals surface area contributed by atoms with Gasteiger partial charge in [0.1, 0.15) is 0 Å². The maximum atomic E-state index is 12.1. The van der Waals surface area contributed by atoms with Crippen molar-refractivity contribution in [3.63, 3.8) is 0 Å². The number of halogens is 1. The average Bonchev–Trinajstić information content (AvgIpc) is 2.82. The molecule has 0 atom stereocenters. The molecule has 1 aromatic carbocycles. The maximum absolute atomic E-state index is 12.1. The van der Waals surface area contributed by atoms with Crippen molar-refractivity contribution in [2.75, 3.05) is 5.75 Å². The van der Waals surface area contributed by atoms with E-state index in [0.717, 1.165) is 11.8 Å². The number of nitrogens with zero attached hydrogens (tertiary/aromatic N) is 3. The van der Waals surface area contributed by atoms with E-state index in [1.165, 1.54) is 18.2 Å². The molecule has 1 aromatic heterocycles. The fourth-order valence-electron chi connectivity index (χ4n) is 1.38. The van der Waals surface area contributed by atoms with Crippen LogP contribution in [0.15, 0.2) is 32.3 Å². The summed E-state index contributed by atoms with van der Waals surface area (Å²) in [6.45, 7) is 1.65. The van der Waals surface area contributed by atoms with E-state index in [4.69, 9.17) is 4.42 Å². The standard InChI is InChI=1S/C11H8BrN3O4S/c1-6-13-14-11(19-6)20-5-10(16)8-4-7(15(17)18)2-3-9(8)12/h2-4H,5H2,1H3. The molecule has 0 N–H and O–H groups in total. The molecule has 0 saturated carbocycles. The first-order valence-corrected chi connectivity index (χ1v) is 7.15. The van der Waals surface area contributed by atoms with E-state index in [2.05, 4.69) is 26.1 Å². The largest absolute Gasteiger partial charge is 0.416 e. The number of nitro groups is 1. The monoisotopic (exact) mass is 357 g/mol. The van der Waals surface area contributed by atoms with Crippen molar-refractivity contribution in [3.8, 4) is 0 Å². The van der Waals surface area contributed by atoms with Gasteiger partial charge in [-0.05, 0) is 6.07 Å². The van der Waals surface area contributed by atoms with Crippen molar-refractivity contribution in [3.05, 3.63) is 44.2 Å². The minimum Gasteiger partial charge on any atom is -0.416 e. The van der Waals surface area contributed by atoms with Gasteiger partial charge in [-0.15, -0.1) is 10.2 Å². The molecule has 9 heteroatoms. The number of aryl methyl sites for hydroxylation is 1. The molecule has 7 nitrogen and oxygen atoms in total. The summed E-state index contributed by atoms with van der Waals surface area (Å²) >= 11 is 4.29. The minimum atomic E-state index is -0.544. The molecular formula is C11H8BrN3O4S. The fourth-order valence-corrected chi connectivity index (χ4v) is 2.54. The van der Waals surface area contributed by atoms with Crippen molar-refractivity contribution in [2.24, 2.45) is 0 Å². The number of carbonyl (C=O) groups excluding carboxylic acids is 1. The van der Waals surface area contributed by atoms with Gasteiger partial charge in [0.2, 0.25) is 5.89 Å². The zero-order valence-corrected chi connectivity index (χ0v) is 12.6. The number of hydrogen-bond acceptors (Lipinski definition) is 7. The number of aromatic nitrogens is 2. The molecule has 0 saturated heterocycles. The summed E-state index contributed by atoms with van der Waals surface area (Å²) in [7, 11) is 0. The normalized spacial score (nSPS) is 10.5. The quantitative estimate of drug-likeness (QED) is 0.351. The molecule has 104 valence electrons. The smallest absolute Gasteiger partial charge is 0.277 e. The van der Waals surface area contributed by atoms with Crippen molar-refractivity contribution in [1.82, 2.24) is 10.2 Å². The zero-order chi connectivity index (χ0) is 14.7. The molecule has 0 aliphatic rings. The Morgan fingerprint density at radius 3 is 2.85 bits per heavy atom. The molecule has 20 heavy (non-hydrogen) atoms. The Bertz CT molecular complexity index is 673. The first-order valence-electron chi connectivity index (χ1n) is 5.37. The number of thioether (sulfide) groups is 1. The van der Waals surface area contributed by atoms with Gasteiger partial charge in [0.05, 0.1) is 10.7 Å². The number of ketones is 1. The molecule has 0 spiro atoms. The van der Waals surface area contributed by atoms with Crippen LogP contribution in [0.2, 0.25) is 0 Å². The first kappa shape index (κ1) is 14.7. The lowest BCUT2D eigenvalue weighted by Gasteiger charge is -2.02. The average molecular weight is 358 g/mol. The fraction of sp³-hybridized carbons (Fsp3) is 0.182. The highest BCUT2D eigenvalue weighted by molar-refractivity contribution is 9.10. The molecule has 0 fully saturated rings. The summed E-state index contributed by atoms with van der Waals surface area (Å²) in [4.78, 5) is 22.2. The zero-order valence-electron chi connectivity index (χ0n) is 10.2. The van der Waals surface area contributed by atoms with Gasteiger partial charge in [-0.3, -0.25) is 14.9 Å². The number of carbonyl (C=O) groups is 1. The predicted octanol–water partition coefficient (Wildman–Crippen LogP) is 3.02. The SMILES string of the molecule is Cc1nnc(SCC(=O)c2cc([N+](=O)[O-])ccc2Br)o1. The van der Waals surface area contributed by atoms with Crippen molar-refractivity contribution < 1.29 is 14.1 Å². The third kappa shape index (κ3) is 3.42. The lowest BCUT2D eigenvalue weighted by molar-refractivity contribution is -0.384. The molecule has 0 amide bonds. The second-order valence-corrected chi connectivity index (χ2v) is 5.50. The Balaban J connectivity index is 2.12. The van der Waals surface area contributed by atoms with Gasteiger partial charge >= 0.3 is 0 Å². The van der Waals surface area contributed by atoms with Crippen LogP contribution in [0.1, 0.15) is 16.2 Å². The number of nitro benzene ring substituents is 1. The molecule has 2 rings (SSSR count). The van der Waals surface area contributed by atoms with Gasteiger partial charge in [-0.25, -0.2) is 0 Å². The van der Waals surface area contributed by atoms with Crippen LogP contribution in [0.25, 0.3) is 0 Å². The molecule has 0 radical (unpaired) electrons. The summed E-state index contributed by atoms with van der Waals surface area (Å²) in [5.74, 6) is 0.208. The highest BCUT2D eigenvalue weighted by Crippen LogP contribution is 2.25. The van der Waals surface area contributed by atoms with Crippen molar-refractivity contribution in [1.29, 1.82) is 0 Å². The van der Waals surface area contributed by atoms with Crippen LogP contribution in [-0.2, 0) is 0 Å². The molecule has 0 bridgehead atoms.